The lowest BCUT2D eigenvalue weighted by Crippen LogP contribution is -2.48. The Morgan fingerprint density at radius 2 is 1.85 bits per heavy atom. The van der Waals surface area contributed by atoms with Gasteiger partial charge in [-0.1, -0.05) is 27.2 Å². The Hall–Kier alpha value is -0.0800. The average Bonchev–Trinajstić information content (AvgIpc) is 2.03. The van der Waals surface area contributed by atoms with Crippen LogP contribution in [0.3, 0.4) is 0 Å². The Morgan fingerprint density at radius 1 is 1.23 bits per heavy atom. The summed E-state index contributed by atoms with van der Waals surface area (Å²) >= 11 is 0. The number of hydrogen-bond acceptors (Lipinski definition) is 2. The molecule has 0 aromatic heterocycles. The Labute approximate surface area is 83.5 Å². The maximum absolute atomic E-state index is 3.50. The SMILES string of the molecule is CCNC(C)(C)CNCC(C)CC. The molecule has 0 aliphatic heterocycles. The number of nitrogens with one attached hydrogen (secondary N) is 2. The van der Waals surface area contributed by atoms with Gasteiger partial charge in [0.05, 0.1) is 0 Å². The largest absolute Gasteiger partial charge is 0.315 e. The molecule has 1 unspecified atom stereocenters. The minimum atomic E-state index is 0.224. The fourth-order valence-electron chi connectivity index (χ4n) is 1.32. The van der Waals surface area contributed by atoms with Gasteiger partial charge >= 0.3 is 0 Å². The Morgan fingerprint density at radius 3 is 2.31 bits per heavy atom. The summed E-state index contributed by atoms with van der Waals surface area (Å²) in [6.45, 7) is 14.4. The van der Waals surface area contributed by atoms with Crippen LogP contribution in [0, 0.1) is 5.92 Å². The first-order valence-electron chi connectivity index (χ1n) is 5.47. The quantitative estimate of drug-likeness (QED) is 0.635. The molecule has 2 nitrogen and oxygen atoms in total. The van der Waals surface area contributed by atoms with Crippen LogP contribution in [0.15, 0.2) is 0 Å². The summed E-state index contributed by atoms with van der Waals surface area (Å²) in [4.78, 5) is 0. The van der Waals surface area contributed by atoms with E-state index >= 15 is 0 Å². The Bertz CT molecular complexity index is 121. The minimum absolute atomic E-state index is 0.224. The molecule has 0 saturated carbocycles. The van der Waals surface area contributed by atoms with Crippen molar-refractivity contribution in [2.75, 3.05) is 19.6 Å². The summed E-state index contributed by atoms with van der Waals surface area (Å²) in [7, 11) is 0. The Kier molecular flexibility index (Phi) is 6.35. The van der Waals surface area contributed by atoms with E-state index in [4.69, 9.17) is 0 Å². The predicted molar refractivity (Wildman–Crippen MR) is 60.1 cm³/mol. The van der Waals surface area contributed by atoms with Crippen molar-refractivity contribution in [2.45, 2.75) is 46.6 Å². The number of likely N-dealkylation sites (N-methyl/N-ethyl adjacent to an activating group) is 1. The van der Waals surface area contributed by atoms with Gasteiger partial charge in [0.15, 0.2) is 0 Å². The first-order valence-corrected chi connectivity index (χ1v) is 5.47. The maximum Gasteiger partial charge on any atom is 0.0249 e. The summed E-state index contributed by atoms with van der Waals surface area (Å²) in [5.41, 5.74) is 0.224. The van der Waals surface area contributed by atoms with Gasteiger partial charge in [-0.05, 0) is 32.9 Å². The van der Waals surface area contributed by atoms with Crippen molar-refractivity contribution in [1.29, 1.82) is 0 Å². The third-order valence-corrected chi connectivity index (χ3v) is 2.41. The van der Waals surface area contributed by atoms with Gasteiger partial charge in [0, 0.05) is 12.1 Å². The zero-order valence-corrected chi connectivity index (χ0v) is 9.91. The van der Waals surface area contributed by atoms with Crippen molar-refractivity contribution in [3.8, 4) is 0 Å². The molecule has 1 atom stereocenters. The average molecular weight is 186 g/mol. The van der Waals surface area contributed by atoms with E-state index in [2.05, 4.69) is 45.3 Å². The molecule has 0 aromatic rings. The molecule has 80 valence electrons. The van der Waals surface area contributed by atoms with Crippen LogP contribution < -0.4 is 10.6 Å². The molecular weight excluding hydrogens is 160 g/mol. The molecule has 2 N–H and O–H groups in total. The lowest BCUT2D eigenvalue weighted by Gasteiger charge is -2.26. The highest BCUT2D eigenvalue weighted by Gasteiger charge is 2.14. The highest BCUT2D eigenvalue weighted by molar-refractivity contribution is 4.79. The second kappa shape index (κ2) is 6.39. The number of hydrogen-bond donors (Lipinski definition) is 2. The lowest BCUT2D eigenvalue weighted by atomic mass is 10.0. The van der Waals surface area contributed by atoms with Gasteiger partial charge in [-0.3, -0.25) is 0 Å². The van der Waals surface area contributed by atoms with E-state index in [1.54, 1.807) is 0 Å². The van der Waals surface area contributed by atoms with Gasteiger partial charge < -0.3 is 10.6 Å². The molecule has 13 heavy (non-hydrogen) atoms. The van der Waals surface area contributed by atoms with Gasteiger partial charge in [-0.2, -0.15) is 0 Å². The normalized spacial score (nSPS) is 14.5. The highest BCUT2D eigenvalue weighted by Crippen LogP contribution is 2.01. The van der Waals surface area contributed by atoms with Crippen molar-refractivity contribution in [3.63, 3.8) is 0 Å². The van der Waals surface area contributed by atoms with Crippen molar-refractivity contribution in [2.24, 2.45) is 5.92 Å². The van der Waals surface area contributed by atoms with Crippen molar-refractivity contribution in [1.82, 2.24) is 10.6 Å². The predicted octanol–water partition coefficient (Wildman–Crippen LogP) is 2.01. The summed E-state index contributed by atoms with van der Waals surface area (Å²) in [5, 5.41) is 6.95. The van der Waals surface area contributed by atoms with Crippen LogP contribution in [0.25, 0.3) is 0 Å². The highest BCUT2D eigenvalue weighted by atomic mass is 15.0. The van der Waals surface area contributed by atoms with E-state index < -0.39 is 0 Å². The van der Waals surface area contributed by atoms with E-state index in [1.165, 1.54) is 6.42 Å². The monoisotopic (exact) mass is 186 g/mol. The third kappa shape index (κ3) is 7.03. The third-order valence-electron chi connectivity index (χ3n) is 2.41. The van der Waals surface area contributed by atoms with Gasteiger partial charge in [0.1, 0.15) is 0 Å². The zero-order valence-electron chi connectivity index (χ0n) is 9.91. The van der Waals surface area contributed by atoms with E-state index in [-0.39, 0.29) is 5.54 Å². The molecule has 0 saturated heterocycles. The molecule has 0 rings (SSSR count). The first kappa shape index (κ1) is 12.9. The fourth-order valence-corrected chi connectivity index (χ4v) is 1.32. The van der Waals surface area contributed by atoms with Crippen LogP contribution in [-0.4, -0.2) is 25.2 Å². The van der Waals surface area contributed by atoms with E-state index in [1.807, 2.05) is 0 Å². The standard InChI is InChI=1S/C11H26N2/c1-6-10(3)8-12-9-11(4,5)13-7-2/h10,12-13H,6-9H2,1-5H3. The van der Waals surface area contributed by atoms with Gasteiger partial charge in [0.2, 0.25) is 0 Å². The molecule has 0 aliphatic carbocycles. The van der Waals surface area contributed by atoms with Crippen LogP contribution in [0.5, 0.6) is 0 Å². The summed E-state index contributed by atoms with van der Waals surface area (Å²) in [6, 6.07) is 0. The molecule has 0 spiro atoms. The van der Waals surface area contributed by atoms with Gasteiger partial charge in [0.25, 0.3) is 0 Å². The topological polar surface area (TPSA) is 24.1 Å². The van der Waals surface area contributed by atoms with Crippen LogP contribution in [0.4, 0.5) is 0 Å². The van der Waals surface area contributed by atoms with Gasteiger partial charge in [-0.15, -0.1) is 0 Å². The molecule has 0 aliphatic rings. The minimum Gasteiger partial charge on any atom is -0.315 e. The molecule has 0 aromatic carbocycles. The Balaban J connectivity index is 3.50. The second-order valence-corrected chi connectivity index (χ2v) is 4.56. The second-order valence-electron chi connectivity index (χ2n) is 4.56. The molecule has 0 radical (unpaired) electrons. The maximum atomic E-state index is 3.50. The van der Waals surface area contributed by atoms with E-state index in [0.717, 1.165) is 25.6 Å². The molecule has 0 amide bonds. The fraction of sp³-hybridized carbons (Fsp3) is 1.00. The van der Waals surface area contributed by atoms with Crippen LogP contribution in [0.2, 0.25) is 0 Å². The van der Waals surface area contributed by atoms with E-state index in [9.17, 15) is 0 Å². The smallest absolute Gasteiger partial charge is 0.0249 e. The van der Waals surface area contributed by atoms with Crippen LogP contribution in [0.1, 0.15) is 41.0 Å². The lowest BCUT2D eigenvalue weighted by molar-refractivity contribution is 0.359. The van der Waals surface area contributed by atoms with E-state index in [0.29, 0.717) is 0 Å². The molecule has 2 heteroatoms. The van der Waals surface area contributed by atoms with Gasteiger partial charge in [-0.25, -0.2) is 0 Å². The van der Waals surface area contributed by atoms with Crippen molar-refractivity contribution < 1.29 is 0 Å². The van der Waals surface area contributed by atoms with Crippen LogP contribution >= 0.6 is 0 Å². The summed E-state index contributed by atoms with van der Waals surface area (Å²) < 4.78 is 0. The van der Waals surface area contributed by atoms with Crippen LogP contribution in [-0.2, 0) is 0 Å². The zero-order chi connectivity index (χ0) is 10.3. The summed E-state index contributed by atoms with van der Waals surface area (Å²) in [5.74, 6) is 0.789. The summed E-state index contributed by atoms with van der Waals surface area (Å²) in [6.07, 6.45) is 1.26. The molecular formula is C11H26N2. The van der Waals surface area contributed by atoms with Crippen molar-refractivity contribution >= 4 is 0 Å². The first-order chi connectivity index (χ1) is 6.02. The van der Waals surface area contributed by atoms with Crippen molar-refractivity contribution in [3.05, 3.63) is 0 Å². The molecule has 0 fully saturated rings. The number of rotatable bonds is 7. The molecule has 0 bridgehead atoms. The molecule has 0 heterocycles.